The number of amides is 1. The smallest absolute Gasteiger partial charge is 0.254 e. The average molecular weight is 304 g/mol. The molecule has 21 heavy (non-hydrogen) atoms. The number of ether oxygens (including phenoxy) is 1. The molecular weight excluding hydrogens is 284 g/mol. The molecule has 2 rings (SSSR count). The SMILES string of the molecule is CCNC(=O)c1c(N)sc(CC)c1-c1ccccc1OC. The molecule has 0 fully saturated rings. The van der Waals surface area contributed by atoms with Crippen molar-refractivity contribution in [2.45, 2.75) is 20.3 Å². The molecule has 0 unspecified atom stereocenters. The molecule has 1 aromatic heterocycles. The number of anilines is 1. The van der Waals surface area contributed by atoms with E-state index in [2.05, 4.69) is 12.2 Å². The number of benzene rings is 1. The van der Waals surface area contributed by atoms with Gasteiger partial charge in [-0.05, 0) is 19.4 Å². The molecule has 0 radical (unpaired) electrons. The highest BCUT2D eigenvalue weighted by Crippen LogP contribution is 2.42. The molecule has 0 saturated heterocycles. The van der Waals surface area contributed by atoms with E-state index in [-0.39, 0.29) is 5.91 Å². The first-order chi connectivity index (χ1) is 10.1. The topological polar surface area (TPSA) is 64.4 Å². The van der Waals surface area contributed by atoms with E-state index < -0.39 is 0 Å². The van der Waals surface area contributed by atoms with Gasteiger partial charge in [-0.25, -0.2) is 0 Å². The van der Waals surface area contributed by atoms with Crippen molar-refractivity contribution in [3.63, 3.8) is 0 Å². The fourth-order valence-corrected chi connectivity index (χ4v) is 3.38. The predicted molar refractivity (Wildman–Crippen MR) is 88.1 cm³/mol. The van der Waals surface area contributed by atoms with Crippen molar-refractivity contribution in [2.24, 2.45) is 0 Å². The van der Waals surface area contributed by atoms with Crippen LogP contribution in [-0.2, 0) is 6.42 Å². The van der Waals surface area contributed by atoms with E-state index in [1.807, 2.05) is 31.2 Å². The summed E-state index contributed by atoms with van der Waals surface area (Å²) in [5, 5.41) is 3.39. The van der Waals surface area contributed by atoms with Crippen LogP contribution in [0, 0.1) is 0 Å². The molecule has 1 amide bonds. The number of methoxy groups -OCH3 is 1. The molecule has 0 saturated carbocycles. The Hall–Kier alpha value is -2.01. The molecule has 2 aromatic rings. The minimum absolute atomic E-state index is 0.133. The van der Waals surface area contributed by atoms with Gasteiger partial charge in [0.1, 0.15) is 5.75 Å². The molecule has 4 nitrogen and oxygen atoms in total. The van der Waals surface area contributed by atoms with Crippen molar-refractivity contribution in [1.29, 1.82) is 0 Å². The van der Waals surface area contributed by atoms with Gasteiger partial charge in [-0.15, -0.1) is 11.3 Å². The molecule has 0 aliphatic carbocycles. The van der Waals surface area contributed by atoms with Gasteiger partial charge in [-0.1, -0.05) is 25.1 Å². The predicted octanol–water partition coefficient (Wildman–Crippen LogP) is 3.32. The Morgan fingerprint density at radius 3 is 2.67 bits per heavy atom. The number of hydrogen-bond donors (Lipinski definition) is 2. The fraction of sp³-hybridized carbons (Fsp3) is 0.312. The summed E-state index contributed by atoms with van der Waals surface area (Å²) in [5.41, 5.74) is 8.45. The number of hydrogen-bond acceptors (Lipinski definition) is 4. The zero-order chi connectivity index (χ0) is 15.4. The number of carbonyl (C=O) groups is 1. The van der Waals surface area contributed by atoms with Gasteiger partial charge in [0.2, 0.25) is 0 Å². The van der Waals surface area contributed by atoms with E-state index in [1.165, 1.54) is 11.3 Å². The van der Waals surface area contributed by atoms with E-state index in [0.717, 1.165) is 28.2 Å². The Morgan fingerprint density at radius 1 is 1.33 bits per heavy atom. The highest BCUT2D eigenvalue weighted by atomic mass is 32.1. The lowest BCUT2D eigenvalue weighted by atomic mass is 9.98. The van der Waals surface area contributed by atoms with E-state index >= 15 is 0 Å². The van der Waals surface area contributed by atoms with Gasteiger partial charge >= 0.3 is 0 Å². The van der Waals surface area contributed by atoms with Crippen LogP contribution in [0.15, 0.2) is 24.3 Å². The van der Waals surface area contributed by atoms with Crippen LogP contribution in [0.4, 0.5) is 5.00 Å². The van der Waals surface area contributed by atoms with Crippen molar-refractivity contribution >= 4 is 22.2 Å². The second-order valence-electron chi connectivity index (χ2n) is 4.55. The third kappa shape index (κ3) is 2.88. The van der Waals surface area contributed by atoms with Gasteiger partial charge in [0, 0.05) is 22.5 Å². The number of nitrogens with two attached hydrogens (primary N) is 1. The van der Waals surface area contributed by atoms with Crippen LogP contribution in [0.1, 0.15) is 29.1 Å². The first kappa shape index (κ1) is 15.4. The maximum atomic E-state index is 12.4. The van der Waals surface area contributed by atoms with Gasteiger partial charge in [0.05, 0.1) is 17.7 Å². The summed E-state index contributed by atoms with van der Waals surface area (Å²) in [6, 6.07) is 7.70. The minimum atomic E-state index is -0.133. The molecule has 3 N–H and O–H groups in total. The van der Waals surface area contributed by atoms with Crippen LogP contribution in [0.25, 0.3) is 11.1 Å². The number of para-hydroxylation sites is 1. The van der Waals surface area contributed by atoms with E-state index in [4.69, 9.17) is 10.5 Å². The molecule has 0 atom stereocenters. The largest absolute Gasteiger partial charge is 0.496 e. The fourth-order valence-electron chi connectivity index (χ4n) is 2.36. The van der Waals surface area contributed by atoms with Crippen LogP contribution in [0.3, 0.4) is 0 Å². The van der Waals surface area contributed by atoms with Crippen molar-refractivity contribution in [3.05, 3.63) is 34.7 Å². The van der Waals surface area contributed by atoms with Gasteiger partial charge in [0.25, 0.3) is 5.91 Å². The normalized spacial score (nSPS) is 10.4. The molecule has 5 heteroatoms. The lowest BCUT2D eigenvalue weighted by Crippen LogP contribution is -2.23. The zero-order valence-electron chi connectivity index (χ0n) is 12.5. The van der Waals surface area contributed by atoms with Crippen LogP contribution < -0.4 is 15.8 Å². The van der Waals surface area contributed by atoms with Gasteiger partial charge in [-0.3, -0.25) is 4.79 Å². The maximum Gasteiger partial charge on any atom is 0.254 e. The first-order valence-electron chi connectivity index (χ1n) is 6.96. The lowest BCUT2D eigenvalue weighted by Gasteiger charge is -2.11. The summed E-state index contributed by atoms with van der Waals surface area (Å²) >= 11 is 1.47. The number of rotatable bonds is 5. The van der Waals surface area contributed by atoms with Gasteiger partial charge < -0.3 is 15.8 Å². The highest BCUT2D eigenvalue weighted by Gasteiger charge is 2.24. The second kappa shape index (κ2) is 6.63. The van der Waals surface area contributed by atoms with Gasteiger partial charge in [0.15, 0.2) is 0 Å². The third-order valence-corrected chi connectivity index (χ3v) is 4.43. The summed E-state index contributed by atoms with van der Waals surface area (Å²) in [7, 11) is 1.63. The number of nitrogen functional groups attached to an aromatic ring is 1. The van der Waals surface area contributed by atoms with Crippen molar-refractivity contribution < 1.29 is 9.53 Å². The van der Waals surface area contributed by atoms with E-state index in [0.29, 0.717) is 17.1 Å². The highest BCUT2D eigenvalue weighted by molar-refractivity contribution is 7.17. The van der Waals surface area contributed by atoms with Crippen molar-refractivity contribution in [1.82, 2.24) is 5.32 Å². The quantitative estimate of drug-likeness (QED) is 0.890. The Morgan fingerprint density at radius 2 is 2.05 bits per heavy atom. The summed E-state index contributed by atoms with van der Waals surface area (Å²) < 4.78 is 5.44. The number of aryl methyl sites for hydroxylation is 1. The maximum absolute atomic E-state index is 12.4. The number of nitrogens with one attached hydrogen (secondary N) is 1. The molecule has 1 aromatic carbocycles. The molecule has 0 bridgehead atoms. The minimum Gasteiger partial charge on any atom is -0.496 e. The molecule has 0 aliphatic rings. The molecule has 1 heterocycles. The van der Waals surface area contributed by atoms with Crippen molar-refractivity contribution in [3.8, 4) is 16.9 Å². The zero-order valence-corrected chi connectivity index (χ0v) is 13.3. The molecule has 0 aliphatic heterocycles. The van der Waals surface area contributed by atoms with Crippen LogP contribution in [0.2, 0.25) is 0 Å². The monoisotopic (exact) mass is 304 g/mol. The summed E-state index contributed by atoms with van der Waals surface area (Å²) in [6.45, 7) is 4.52. The Balaban J connectivity index is 2.68. The Bertz CT molecular complexity index is 650. The molecular formula is C16H20N2O2S. The summed E-state index contributed by atoms with van der Waals surface area (Å²) in [5.74, 6) is 0.613. The van der Waals surface area contributed by atoms with E-state index in [9.17, 15) is 4.79 Å². The van der Waals surface area contributed by atoms with Crippen molar-refractivity contribution in [2.75, 3.05) is 19.4 Å². The molecule has 112 valence electrons. The standard InChI is InChI=1S/C16H20N2O2S/c1-4-12-13(10-8-6-7-9-11(10)20-3)14(15(17)21-12)16(19)18-5-2/h6-9H,4-5,17H2,1-3H3,(H,18,19). The summed E-state index contributed by atoms with van der Waals surface area (Å²) in [4.78, 5) is 13.5. The van der Waals surface area contributed by atoms with Gasteiger partial charge in [-0.2, -0.15) is 0 Å². The summed E-state index contributed by atoms with van der Waals surface area (Å²) in [6.07, 6.45) is 0.821. The van der Waals surface area contributed by atoms with Crippen LogP contribution in [-0.4, -0.2) is 19.6 Å². The first-order valence-corrected chi connectivity index (χ1v) is 7.78. The lowest BCUT2D eigenvalue weighted by molar-refractivity contribution is 0.0957. The second-order valence-corrected chi connectivity index (χ2v) is 5.69. The average Bonchev–Trinajstić information content (AvgIpc) is 2.83. The molecule has 0 spiro atoms. The number of carbonyl (C=O) groups excluding carboxylic acids is 1. The van der Waals surface area contributed by atoms with Crippen LogP contribution in [0.5, 0.6) is 5.75 Å². The Labute approximate surface area is 128 Å². The number of thiophene rings is 1. The third-order valence-electron chi connectivity index (χ3n) is 3.27. The Kier molecular flexibility index (Phi) is 4.85. The van der Waals surface area contributed by atoms with E-state index in [1.54, 1.807) is 7.11 Å². The van der Waals surface area contributed by atoms with Crippen LogP contribution >= 0.6 is 11.3 Å².